The molecule has 0 saturated carbocycles. The number of rotatable bonds is 2. The molecule has 1 atom stereocenters. The van der Waals surface area contributed by atoms with E-state index in [1.165, 1.54) is 0 Å². The number of carbonyl (C=O) groups excluding carboxylic acids is 2. The second kappa shape index (κ2) is 6.81. The third-order valence-electron chi connectivity index (χ3n) is 4.68. The predicted octanol–water partition coefficient (Wildman–Crippen LogP) is 0.630. The molecule has 2 amide bonds. The van der Waals surface area contributed by atoms with Crippen LogP contribution in [-0.4, -0.2) is 64.8 Å². The lowest BCUT2D eigenvalue weighted by Gasteiger charge is -2.30. The van der Waals surface area contributed by atoms with Gasteiger partial charge in [0.1, 0.15) is 5.60 Å². The highest BCUT2D eigenvalue weighted by atomic mass is 32.2. The van der Waals surface area contributed by atoms with Gasteiger partial charge in [0, 0.05) is 37.3 Å². The number of aromatic nitrogens is 2. The Balaban J connectivity index is 1.76. The molecular weight excluding hydrogens is 372 g/mol. The maximum atomic E-state index is 12.7. The number of sulfone groups is 1. The van der Waals surface area contributed by atoms with Gasteiger partial charge in [-0.15, -0.1) is 0 Å². The van der Waals surface area contributed by atoms with Crippen LogP contribution in [0, 0.1) is 0 Å². The van der Waals surface area contributed by atoms with Crippen molar-refractivity contribution in [2.75, 3.05) is 18.1 Å². The van der Waals surface area contributed by atoms with Crippen LogP contribution in [0.15, 0.2) is 0 Å². The zero-order valence-electron chi connectivity index (χ0n) is 16.1. The third kappa shape index (κ3) is 4.42. The number of amides is 2. The van der Waals surface area contributed by atoms with Crippen molar-refractivity contribution >= 4 is 21.8 Å². The van der Waals surface area contributed by atoms with Gasteiger partial charge in [0.05, 0.1) is 18.1 Å². The number of hydrogen-bond donors (Lipinski definition) is 1. The molecule has 150 valence electrons. The zero-order chi connectivity index (χ0) is 20.0. The molecule has 0 aromatic carbocycles. The van der Waals surface area contributed by atoms with Gasteiger partial charge >= 0.3 is 6.09 Å². The minimum atomic E-state index is -3.08. The smallest absolute Gasteiger partial charge is 0.410 e. The molecule has 3 heterocycles. The minimum absolute atomic E-state index is 0.0439. The summed E-state index contributed by atoms with van der Waals surface area (Å²) in [5.41, 5.74) is 1.23. The van der Waals surface area contributed by atoms with Crippen molar-refractivity contribution in [2.45, 2.75) is 51.8 Å². The lowest BCUT2D eigenvalue weighted by Crippen LogP contribution is -2.41. The second-order valence-electron chi connectivity index (χ2n) is 8.12. The molecule has 0 radical (unpaired) electrons. The summed E-state index contributed by atoms with van der Waals surface area (Å²) in [6.45, 7) is 6.14. The fourth-order valence-corrected chi connectivity index (χ4v) is 5.09. The lowest BCUT2D eigenvalue weighted by molar-refractivity contribution is 0.0221. The normalized spacial score (nSPS) is 21.6. The van der Waals surface area contributed by atoms with Crippen LogP contribution < -0.4 is 5.32 Å². The molecule has 9 nitrogen and oxygen atoms in total. The molecule has 1 N–H and O–H groups in total. The molecule has 0 bridgehead atoms. The van der Waals surface area contributed by atoms with E-state index in [1.807, 2.05) is 0 Å². The van der Waals surface area contributed by atoms with Gasteiger partial charge in [0.2, 0.25) is 0 Å². The summed E-state index contributed by atoms with van der Waals surface area (Å²) >= 11 is 0. The summed E-state index contributed by atoms with van der Waals surface area (Å²) in [7, 11) is -1.32. The summed E-state index contributed by atoms with van der Waals surface area (Å²) in [6, 6.07) is -0.397. The maximum absolute atomic E-state index is 12.7. The summed E-state index contributed by atoms with van der Waals surface area (Å²) in [4.78, 5) is 26.6. The number of hydrogen-bond acceptors (Lipinski definition) is 6. The maximum Gasteiger partial charge on any atom is 0.410 e. The van der Waals surface area contributed by atoms with Crippen LogP contribution in [-0.2, 0) is 34.6 Å². The van der Waals surface area contributed by atoms with Crippen LogP contribution in [0.1, 0.15) is 48.9 Å². The van der Waals surface area contributed by atoms with Crippen molar-refractivity contribution in [3.8, 4) is 0 Å². The zero-order valence-corrected chi connectivity index (χ0v) is 16.9. The number of ether oxygens (including phenoxy) is 1. The van der Waals surface area contributed by atoms with Crippen molar-refractivity contribution in [3.63, 3.8) is 0 Å². The van der Waals surface area contributed by atoms with Crippen molar-refractivity contribution < 1.29 is 22.7 Å². The second-order valence-corrected chi connectivity index (χ2v) is 10.4. The van der Waals surface area contributed by atoms with Gasteiger partial charge in [-0.3, -0.25) is 9.48 Å². The molecule has 2 aliphatic rings. The molecule has 1 aromatic heterocycles. The number of aryl methyl sites for hydroxylation is 1. The predicted molar refractivity (Wildman–Crippen MR) is 98.1 cm³/mol. The van der Waals surface area contributed by atoms with Crippen LogP contribution in [0.25, 0.3) is 0 Å². The Morgan fingerprint density at radius 3 is 2.59 bits per heavy atom. The van der Waals surface area contributed by atoms with Crippen LogP contribution in [0.3, 0.4) is 0 Å². The lowest BCUT2D eigenvalue weighted by atomic mass is 10.0. The van der Waals surface area contributed by atoms with Gasteiger partial charge in [0.15, 0.2) is 15.5 Å². The first-order chi connectivity index (χ1) is 12.5. The number of nitrogens with zero attached hydrogens (tertiary/aromatic N) is 3. The minimum Gasteiger partial charge on any atom is -0.444 e. The Morgan fingerprint density at radius 2 is 2.00 bits per heavy atom. The van der Waals surface area contributed by atoms with Gasteiger partial charge in [-0.2, -0.15) is 5.10 Å². The molecular formula is C17H26N4O5S. The Kier molecular flexibility index (Phi) is 4.96. The molecule has 0 spiro atoms. The van der Waals surface area contributed by atoms with Crippen LogP contribution in [0.4, 0.5) is 4.79 Å². The average Bonchev–Trinajstić information content (AvgIpc) is 3.05. The van der Waals surface area contributed by atoms with Crippen molar-refractivity contribution in [1.29, 1.82) is 0 Å². The molecule has 10 heteroatoms. The van der Waals surface area contributed by atoms with Gasteiger partial charge in [-0.05, 0) is 27.2 Å². The summed E-state index contributed by atoms with van der Waals surface area (Å²) in [5.74, 6) is -0.359. The highest BCUT2D eigenvalue weighted by Gasteiger charge is 2.34. The molecule has 0 aliphatic carbocycles. The van der Waals surface area contributed by atoms with Gasteiger partial charge in [-0.25, -0.2) is 13.2 Å². The molecule has 27 heavy (non-hydrogen) atoms. The Morgan fingerprint density at radius 1 is 1.30 bits per heavy atom. The summed E-state index contributed by atoms with van der Waals surface area (Å²) < 4.78 is 30.3. The Hall–Kier alpha value is -2.10. The van der Waals surface area contributed by atoms with Gasteiger partial charge in [-0.1, -0.05) is 0 Å². The standard InChI is InChI=1S/C17H26N4O5S/c1-17(2,3)26-16(23)21-7-5-13-12(9-21)14(19-20(13)4)15(22)18-11-6-8-27(24,25)10-11/h11H,5-10H2,1-4H3,(H,18,22). The highest BCUT2D eigenvalue weighted by Crippen LogP contribution is 2.24. The fourth-order valence-electron chi connectivity index (χ4n) is 3.42. The fraction of sp³-hybridized carbons (Fsp3) is 0.706. The van der Waals surface area contributed by atoms with Crippen molar-refractivity contribution in [1.82, 2.24) is 20.0 Å². The first-order valence-corrected chi connectivity index (χ1v) is 10.8. The van der Waals surface area contributed by atoms with E-state index in [1.54, 1.807) is 37.4 Å². The highest BCUT2D eigenvalue weighted by molar-refractivity contribution is 7.91. The van der Waals surface area contributed by atoms with E-state index in [0.29, 0.717) is 24.9 Å². The van der Waals surface area contributed by atoms with E-state index in [0.717, 1.165) is 5.69 Å². The quantitative estimate of drug-likeness (QED) is 0.782. The molecule has 1 aromatic rings. The third-order valence-corrected chi connectivity index (χ3v) is 6.44. The summed E-state index contributed by atoms with van der Waals surface area (Å²) in [6.07, 6.45) is 0.557. The van der Waals surface area contributed by atoms with E-state index in [2.05, 4.69) is 10.4 Å². The Labute approximate surface area is 159 Å². The van der Waals surface area contributed by atoms with Crippen molar-refractivity contribution in [3.05, 3.63) is 17.0 Å². The van der Waals surface area contributed by atoms with Gasteiger partial charge in [0.25, 0.3) is 5.91 Å². The molecule has 3 rings (SSSR count). The van der Waals surface area contributed by atoms with Crippen LogP contribution >= 0.6 is 0 Å². The first-order valence-electron chi connectivity index (χ1n) is 8.99. The van der Waals surface area contributed by atoms with Crippen LogP contribution in [0.5, 0.6) is 0 Å². The molecule has 1 saturated heterocycles. The number of nitrogens with one attached hydrogen (secondary N) is 1. The number of carbonyl (C=O) groups is 2. The van der Waals surface area contributed by atoms with E-state index in [9.17, 15) is 18.0 Å². The van der Waals surface area contributed by atoms with Crippen molar-refractivity contribution in [2.24, 2.45) is 7.05 Å². The van der Waals surface area contributed by atoms with E-state index in [-0.39, 0.29) is 23.7 Å². The average molecular weight is 398 g/mol. The molecule has 1 unspecified atom stereocenters. The first kappa shape index (κ1) is 19.7. The van der Waals surface area contributed by atoms with E-state index >= 15 is 0 Å². The van der Waals surface area contributed by atoms with Crippen LogP contribution in [0.2, 0.25) is 0 Å². The number of fused-ring (bicyclic) bond motifs is 1. The molecule has 2 aliphatic heterocycles. The SMILES string of the molecule is Cn1nc(C(=O)NC2CCS(=O)(=O)C2)c2c1CCN(C(=O)OC(C)(C)C)C2. The topological polar surface area (TPSA) is 111 Å². The summed E-state index contributed by atoms with van der Waals surface area (Å²) in [5, 5.41) is 7.08. The monoisotopic (exact) mass is 398 g/mol. The van der Waals surface area contributed by atoms with Gasteiger partial charge < -0.3 is 15.0 Å². The molecule has 1 fully saturated rings. The largest absolute Gasteiger partial charge is 0.444 e. The Bertz CT molecular complexity index is 869. The van der Waals surface area contributed by atoms with E-state index < -0.39 is 33.5 Å². The van der Waals surface area contributed by atoms with E-state index in [4.69, 9.17) is 4.74 Å².